The first-order valence-corrected chi connectivity index (χ1v) is 13.2. The summed E-state index contributed by atoms with van der Waals surface area (Å²) in [5.74, 6) is -0.105. The van der Waals surface area contributed by atoms with Gasteiger partial charge in [0.05, 0.1) is 11.3 Å². The van der Waals surface area contributed by atoms with Crippen LogP contribution < -0.4 is 5.32 Å². The van der Waals surface area contributed by atoms with E-state index >= 15 is 0 Å². The van der Waals surface area contributed by atoms with Crippen LogP contribution in [0.1, 0.15) is 49.5 Å². The van der Waals surface area contributed by atoms with Crippen LogP contribution in [0.2, 0.25) is 0 Å². The van der Waals surface area contributed by atoms with Gasteiger partial charge in [0.2, 0.25) is 0 Å². The number of carbonyl (C=O) groups is 2. The van der Waals surface area contributed by atoms with Gasteiger partial charge in [-0.2, -0.15) is 5.10 Å². The number of aromatic nitrogens is 2. The van der Waals surface area contributed by atoms with E-state index in [4.69, 9.17) is 0 Å². The summed E-state index contributed by atoms with van der Waals surface area (Å²) >= 11 is 0. The van der Waals surface area contributed by atoms with Crippen LogP contribution in [0.15, 0.2) is 18.3 Å². The summed E-state index contributed by atoms with van der Waals surface area (Å²) in [6.07, 6.45) is 3.77. The van der Waals surface area contributed by atoms with Gasteiger partial charge in [-0.25, -0.2) is 13.2 Å². The van der Waals surface area contributed by atoms with Gasteiger partial charge in [0, 0.05) is 49.1 Å². The summed E-state index contributed by atoms with van der Waals surface area (Å²) < 4.78 is 24.5. The SMILES string of the molecule is Cc1c(C(=O)NCCS(C)(=O)=O)ccc2nn(CC3CCN(C(=O)O)C(C(C)(C)C)C3)cc12. The molecule has 9 nitrogen and oxygen atoms in total. The maximum atomic E-state index is 12.5. The van der Waals surface area contributed by atoms with Crippen molar-refractivity contribution in [3.63, 3.8) is 0 Å². The standard InChI is InChI=1S/C23H34N4O5S/c1-15-17(21(28)24-9-11-33(5,31)32)6-7-19-18(15)14-26(25-19)13-16-8-10-27(22(29)30)20(12-16)23(2,3)4/h6-7,14,16,20H,8-13H2,1-5H3,(H,24,28)(H,29,30). The van der Waals surface area contributed by atoms with Crippen molar-refractivity contribution in [2.75, 3.05) is 25.1 Å². The minimum atomic E-state index is -3.14. The van der Waals surface area contributed by atoms with Crippen molar-refractivity contribution >= 4 is 32.7 Å². The number of carbonyl (C=O) groups excluding carboxylic acids is 1. The Balaban J connectivity index is 1.74. The number of hydrogen-bond donors (Lipinski definition) is 2. The fraction of sp³-hybridized carbons (Fsp3) is 0.609. The molecule has 1 aliphatic rings. The van der Waals surface area contributed by atoms with Gasteiger partial charge in [0.1, 0.15) is 9.84 Å². The zero-order chi connectivity index (χ0) is 24.6. The van der Waals surface area contributed by atoms with Crippen molar-refractivity contribution in [2.45, 2.75) is 53.1 Å². The number of fused-ring (bicyclic) bond motifs is 1. The van der Waals surface area contributed by atoms with Gasteiger partial charge in [-0.1, -0.05) is 20.8 Å². The number of nitrogens with one attached hydrogen (secondary N) is 1. The number of rotatable bonds is 6. The Bertz CT molecular complexity index is 1150. The van der Waals surface area contributed by atoms with Gasteiger partial charge in [-0.05, 0) is 48.8 Å². The molecule has 10 heteroatoms. The first-order valence-electron chi connectivity index (χ1n) is 11.2. The van der Waals surface area contributed by atoms with Crippen LogP contribution in [0.4, 0.5) is 4.79 Å². The Kier molecular flexibility index (Phi) is 7.07. The number of piperidine rings is 1. The molecule has 0 spiro atoms. The lowest BCUT2D eigenvalue weighted by Crippen LogP contribution is -2.52. The van der Waals surface area contributed by atoms with Crippen LogP contribution in [-0.2, 0) is 16.4 Å². The number of benzene rings is 1. The highest BCUT2D eigenvalue weighted by molar-refractivity contribution is 7.90. The van der Waals surface area contributed by atoms with Crippen LogP contribution in [0.25, 0.3) is 10.9 Å². The van der Waals surface area contributed by atoms with Crippen molar-refractivity contribution in [3.8, 4) is 0 Å². The van der Waals surface area contributed by atoms with E-state index in [1.54, 1.807) is 17.0 Å². The molecule has 3 rings (SSSR count). The largest absolute Gasteiger partial charge is 0.465 e. The predicted molar refractivity (Wildman–Crippen MR) is 127 cm³/mol. The smallest absolute Gasteiger partial charge is 0.407 e. The van der Waals surface area contributed by atoms with E-state index in [1.165, 1.54) is 0 Å². The molecule has 0 saturated carbocycles. The molecule has 2 unspecified atom stereocenters. The molecule has 2 N–H and O–H groups in total. The fourth-order valence-corrected chi connectivity index (χ4v) is 5.06. The third-order valence-electron chi connectivity index (χ3n) is 6.41. The molecule has 1 saturated heterocycles. The Labute approximate surface area is 195 Å². The molecule has 1 aliphatic heterocycles. The lowest BCUT2D eigenvalue weighted by atomic mass is 9.77. The molecule has 2 amide bonds. The minimum Gasteiger partial charge on any atom is -0.465 e. The first-order chi connectivity index (χ1) is 15.3. The summed E-state index contributed by atoms with van der Waals surface area (Å²) in [5, 5.41) is 17.8. The summed E-state index contributed by atoms with van der Waals surface area (Å²) in [6.45, 7) is 9.35. The fourth-order valence-electron chi connectivity index (χ4n) is 4.58. The molecule has 0 radical (unpaired) electrons. The van der Waals surface area contributed by atoms with Crippen molar-refractivity contribution < 1.29 is 23.1 Å². The number of amides is 2. The average molecular weight is 479 g/mol. The van der Waals surface area contributed by atoms with Crippen molar-refractivity contribution in [3.05, 3.63) is 29.5 Å². The Morgan fingerprint density at radius 2 is 1.97 bits per heavy atom. The number of hydrogen-bond acceptors (Lipinski definition) is 5. The van der Waals surface area contributed by atoms with E-state index in [0.717, 1.165) is 35.6 Å². The number of aryl methyl sites for hydroxylation is 1. The second kappa shape index (κ2) is 9.32. The number of sulfone groups is 1. The molecule has 1 aromatic heterocycles. The third-order valence-corrected chi connectivity index (χ3v) is 7.36. The monoisotopic (exact) mass is 478 g/mol. The van der Waals surface area contributed by atoms with Crippen LogP contribution in [0, 0.1) is 18.3 Å². The third kappa shape index (κ3) is 6.04. The number of nitrogens with zero attached hydrogens (tertiary/aromatic N) is 3. The van der Waals surface area contributed by atoms with Gasteiger partial charge in [-0.15, -0.1) is 0 Å². The Morgan fingerprint density at radius 3 is 2.58 bits per heavy atom. The molecule has 1 aromatic carbocycles. The zero-order valence-electron chi connectivity index (χ0n) is 20.0. The highest BCUT2D eigenvalue weighted by atomic mass is 32.2. The highest BCUT2D eigenvalue weighted by Crippen LogP contribution is 2.35. The normalized spacial score (nSPS) is 19.6. The van der Waals surface area contributed by atoms with Crippen LogP contribution >= 0.6 is 0 Å². The number of carboxylic acid groups (broad SMARTS) is 1. The lowest BCUT2D eigenvalue weighted by Gasteiger charge is -2.44. The van der Waals surface area contributed by atoms with E-state index in [2.05, 4.69) is 31.2 Å². The van der Waals surface area contributed by atoms with E-state index in [-0.39, 0.29) is 29.7 Å². The maximum absolute atomic E-state index is 12.5. The van der Waals surface area contributed by atoms with Crippen molar-refractivity contribution in [1.29, 1.82) is 0 Å². The van der Waals surface area contributed by atoms with Crippen LogP contribution in [-0.4, -0.2) is 71.3 Å². The molecule has 2 heterocycles. The molecule has 33 heavy (non-hydrogen) atoms. The molecule has 182 valence electrons. The second-order valence-corrected chi connectivity index (χ2v) is 12.4. The zero-order valence-corrected chi connectivity index (χ0v) is 20.8. The molecule has 2 atom stereocenters. The van der Waals surface area contributed by atoms with E-state index in [0.29, 0.717) is 24.6 Å². The Hall–Kier alpha value is -2.62. The van der Waals surface area contributed by atoms with E-state index in [1.807, 2.05) is 17.8 Å². The van der Waals surface area contributed by atoms with Gasteiger partial charge in [0.15, 0.2) is 0 Å². The summed E-state index contributed by atoms with van der Waals surface area (Å²) in [5.41, 5.74) is 1.93. The molecular weight excluding hydrogens is 444 g/mol. The van der Waals surface area contributed by atoms with Crippen LogP contribution in [0.5, 0.6) is 0 Å². The topological polar surface area (TPSA) is 122 Å². The van der Waals surface area contributed by atoms with E-state index < -0.39 is 15.9 Å². The minimum absolute atomic E-state index is 0.0531. The van der Waals surface area contributed by atoms with Gasteiger partial charge in [-0.3, -0.25) is 9.48 Å². The summed E-state index contributed by atoms with van der Waals surface area (Å²) in [4.78, 5) is 25.8. The summed E-state index contributed by atoms with van der Waals surface area (Å²) in [7, 11) is -3.14. The molecule has 1 fully saturated rings. The van der Waals surface area contributed by atoms with Crippen molar-refractivity contribution in [1.82, 2.24) is 20.0 Å². The van der Waals surface area contributed by atoms with E-state index in [9.17, 15) is 23.1 Å². The first kappa shape index (κ1) is 25.0. The van der Waals surface area contributed by atoms with Crippen LogP contribution in [0.3, 0.4) is 0 Å². The van der Waals surface area contributed by atoms with Gasteiger partial charge < -0.3 is 15.3 Å². The number of likely N-dealkylation sites (tertiary alicyclic amines) is 1. The Morgan fingerprint density at radius 1 is 1.27 bits per heavy atom. The second-order valence-electron chi connectivity index (χ2n) is 10.2. The molecule has 0 aliphatic carbocycles. The summed E-state index contributed by atoms with van der Waals surface area (Å²) in [6, 6.07) is 3.46. The molecule has 2 aromatic rings. The molecule has 0 bridgehead atoms. The van der Waals surface area contributed by atoms with Gasteiger partial charge in [0.25, 0.3) is 5.91 Å². The average Bonchev–Trinajstić information content (AvgIpc) is 3.09. The van der Waals surface area contributed by atoms with Crippen molar-refractivity contribution in [2.24, 2.45) is 11.3 Å². The van der Waals surface area contributed by atoms with Gasteiger partial charge >= 0.3 is 6.09 Å². The quantitative estimate of drug-likeness (QED) is 0.658. The highest BCUT2D eigenvalue weighted by Gasteiger charge is 2.38. The predicted octanol–water partition coefficient (Wildman–Crippen LogP) is 2.92. The lowest BCUT2D eigenvalue weighted by molar-refractivity contribution is 0.0367. The maximum Gasteiger partial charge on any atom is 0.407 e. The molecular formula is C23H34N4O5S.